The van der Waals surface area contributed by atoms with Crippen LogP contribution in [0.4, 0.5) is 10.1 Å². The lowest BCUT2D eigenvalue weighted by molar-refractivity contribution is 0.0953. The summed E-state index contributed by atoms with van der Waals surface area (Å²) < 4.78 is 22.3. The zero-order valence-corrected chi connectivity index (χ0v) is 17.5. The second kappa shape index (κ2) is 8.55. The summed E-state index contributed by atoms with van der Waals surface area (Å²) in [7, 11) is 0. The number of amides is 1. The molecule has 32 heavy (non-hydrogen) atoms. The third-order valence-corrected chi connectivity index (χ3v) is 5.82. The van der Waals surface area contributed by atoms with Crippen LogP contribution in [0.25, 0.3) is 10.9 Å². The Bertz CT molecular complexity index is 1250. The molecule has 1 aliphatic heterocycles. The van der Waals surface area contributed by atoms with Gasteiger partial charge in [-0.3, -0.25) is 9.59 Å². The lowest BCUT2D eigenvalue weighted by Crippen LogP contribution is -2.37. The Balaban J connectivity index is 1.51. The summed E-state index contributed by atoms with van der Waals surface area (Å²) >= 11 is 0. The summed E-state index contributed by atoms with van der Waals surface area (Å²) in [5.41, 5.74) is 3.79. The van der Waals surface area contributed by atoms with Crippen LogP contribution in [0.2, 0.25) is 0 Å². The molecule has 0 spiro atoms. The van der Waals surface area contributed by atoms with Crippen LogP contribution in [0.1, 0.15) is 34.8 Å². The summed E-state index contributed by atoms with van der Waals surface area (Å²) in [5, 5.41) is 4.16. The minimum absolute atomic E-state index is 0.0480. The quantitative estimate of drug-likeness (QED) is 0.495. The van der Waals surface area contributed by atoms with Crippen LogP contribution in [0.3, 0.4) is 0 Å². The standard InChI is InChI=1S/C24H23FN4O3/c25-20-12-18-21(13-22(20)28-8-10-32-11-9-28)29(17-6-7-17)15-19(23(18)30)24(31)27-26-14-16-4-2-1-3-5-16/h1-5,12-15,17H,6-11H2,(H,27,31)/b26-14-. The fourth-order valence-electron chi connectivity index (χ4n) is 3.99. The molecule has 2 aliphatic rings. The van der Waals surface area contributed by atoms with Crippen molar-refractivity contribution in [3.63, 3.8) is 0 Å². The van der Waals surface area contributed by atoms with Gasteiger partial charge in [0.25, 0.3) is 5.91 Å². The lowest BCUT2D eigenvalue weighted by atomic mass is 10.1. The van der Waals surface area contributed by atoms with Gasteiger partial charge in [-0.15, -0.1) is 0 Å². The molecule has 2 fully saturated rings. The molecule has 1 aliphatic carbocycles. The predicted molar refractivity (Wildman–Crippen MR) is 121 cm³/mol. The molecule has 0 bridgehead atoms. The SMILES string of the molecule is O=C(N/N=C\c1ccccc1)c1cn(C2CC2)c2cc(N3CCOCC3)c(F)cc2c1=O. The lowest BCUT2D eigenvalue weighted by Gasteiger charge is -2.29. The highest BCUT2D eigenvalue weighted by atomic mass is 19.1. The number of aromatic nitrogens is 1. The molecule has 1 saturated carbocycles. The number of pyridine rings is 1. The van der Waals surface area contributed by atoms with E-state index in [4.69, 9.17) is 4.74 Å². The van der Waals surface area contributed by atoms with Crippen molar-refractivity contribution in [2.45, 2.75) is 18.9 Å². The van der Waals surface area contributed by atoms with E-state index < -0.39 is 17.2 Å². The zero-order valence-electron chi connectivity index (χ0n) is 17.5. The summed E-state index contributed by atoms with van der Waals surface area (Å²) in [6.45, 7) is 2.26. The summed E-state index contributed by atoms with van der Waals surface area (Å²) in [4.78, 5) is 27.8. The van der Waals surface area contributed by atoms with E-state index in [2.05, 4.69) is 10.5 Å². The molecule has 1 N–H and O–H groups in total. The molecule has 3 aromatic rings. The largest absolute Gasteiger partial charge is 0.378 e. The van der Waals surface area contributed by atoms with Gasteiger partial charge in [0.1, 0.15) is 11.4 Å². The number of anilines is 1. The van der Waals surface area contributed by atoms with Crippen LogP contribution >= 0.6 is 0 Å². The smallest absolute Gasteiger partial charge is 0.276 e. The molecule has 8 heteroatoms. The molecular formula is C24H23FN4O3. The summed E-state index contributed by atoms with van der Waals surface area (Å²) in [6, 6.07) is 12.5. The van der Waals surface area contributed by atoms with E-state index in [0.717, 1.165) is 18.4 Å². The first-order valence-corrected chi connectivity index (χ1v) is 10.7. The first kappa shape index (κ1) is 20.4. The number of halogens is 1. The Hall–Kier alpha value is -3.52. The average molecular weight is 434 g/mol. The molecule has 0 radical (unpaired) electrons. The van der Waals surface area contributed by atoms with Crippen molar-refractivity contribution in [1.82, 2.24) is 9.99 Å². The highest BCUT2D eigenvalue weighted by molar-refractivity contribution is 5.98. The van der Waals surface area contributed by atoms with Crippen molar-refractivity contribution in [1.29, 1.82) is 0 Å². The predicted octanol–water partition coefficient (Wildman–Crippen LogP) is 3.08. The number of hydrogen-bond acceptors (Lipinski definition) is 5. The van der Waals surface area contributed by atoms with Crippen molar-refractivity contribution < 1.29 is 13.9 Å². The minimum atomic E-state index is -0.615. The van der Waals surface area contributed by atoms with Gasteiger partial charge in [0.05, 0.1) is 30.6 Å². The van der Waals surface area contributed by atoms with Crippen molar-refractivity contribution in [3.8, 4) is 0 Å². The number of nitrogens with one attached hydrogen (secondary N) is 1. The fraction of sp³-hybridized carbons (Fsp3) is 0.292. The first-order chi connectivity index (χ1) is 15.6. The van der Waals surface area contributed by atoms with E-state index >= 15 is 4.39 Å². The third-order valence-electron chi connectivity index (χ3n) is 5.82. The van der Waals surface area contributed by atoms with Crippen LogP contribution in [-0.2, 0) is 4.74 Å². The maximum atomic E-state index is 15.0. The number of rotatable bonds is 5. The van der Waals surface area contributed by atoms with Gasteiger partial charge in [-0.05, 0) is 30.5 Å². The molecule has 0 atom stereocenters. The summed E-state index contributed by atoms with van der Waals surface area (Å²) in [6.07, 6.45) is 4.99. The molecule has 164 valence electrons. The van der Waals surface area contributed by atoms with E-state index in [1.165, 1.54) is 12.3 Å². The van der Waals surface area contributed by atoms with E-state index in [1.54, 1.807) is 12.3 Å². The number of benzene rings is 2. The van der Waals surface area contributed by atoms with Gasteiger partial charge in [0.2, 0.25) is 5.43 Å². The second-order valence-corrected chi connectivity index (χ2v) is 8.04. The van der Waals surface area contributed by atoms with Crippen LogP contribution in [0.15, 0.2) is 58.6 Å². The van der Waals surface area contributed by atoms with E-state index in [1.807, 2.05) is 39.8 Å². The average Bonchev–Trinajstić information content (AvgIpc) is 3.66. The van der Waals surface area contributed by atoms with Crippen molar-refractivity contribution >= 4 is 28.7 Å². The normalized spacial score (nSPS) is 16.6. The Morgan fingerprint density at radius 3 is 2.62 bits per heavy atom. The molecule has 2 aromatic carbocycles. The van der Waals surface area contributed by atoms with Crippen LogP contribution in [-0.4, -0.2) is 43.0 Å². The van der Waals surface area contributed by atoms with Gasteiger partial charge in [-0.1, -0.05) is 30.3 Å². The molecule has 5 rings (SSSR count). The highest BCUT2D eigenvalue weighted by Crippen LogP contribution is 2.38. The molecular weight excluding hydrogens is 411 g/mol. The number of morpholine rings is 1. The monoisotopic (exact) mass is 434 g/mol. The Labute approximate surface area is 184 Å². The van der Waals surface area contributed by atoms with Gasteiger partial charge in [-0.2, -0.15) is 5.10 Å². The van der Waals surface area contributed by atoms with E-state index in [-0.39, 0.29) is 17.0 Å². The number of hydrazone groups is 1. The summed E-state index contributed by atoms with van der Waals surface area (Å²) in [5.74, 6) is -1.09. The highest BCUT2D eigenvalue weighted by Gasteiger charge is 2.28. The topological polar surface area (TPSA) is 75.9 Å². The first-order valence-electron chi connectivity index (χ1n) is 10.7. The van der Waals surface area contributed by atoms with Gasteiger partial charge in [-0.25, -0.2) is 9.82 Å². The van der Waals surface area contributed by atoms with Gasteiger partial charge in [0, 0.05) is 30.7 Å². The molecule has 7 nitrogen and oxygen atoms in total. The molecule has 1 saturated heterocycles. The van der Waals surface area contributed by atoms with Crippen molar-refractivity contribution in [2.75, 3.05) is 31.2 Å². The molecule has 0 unspecified atom stereocenters. The maximum Gasteiger partial charge on any atom is 0.276 e. The van der Waals surface area contributed by atoms with E-state index in [9.17, 15) is 9.59 Å². The van der Waals surface area contributed by atoms with Crippen LogP contribution in [0.5, 0.6) is 0 Å². The molecule has 1 amide bonds. The van der Waals surface area contributed by atoms with E-state index in [0.29, 0.717) is 37.5 Å². The number of ether oxygens (including phenoxy) is 1. The van der Waals surface area contributed by atoms with Crippen LogP contribution < -0.4 is 15.8 Å². The van der Waals surface area contributed by atoms with Gasteiger partial charge < -0.3 is 14.2 Å². The second-order valence-electron chi connectivity index (χ2n) is 8.04. The molecule has 2 heterocycles. The van der Waals surface area contributed by atoms with Gasteiger partial charge in [0.15, 0.2) is 0 Å². The van der Waals surface area contributed by atoms with Crippen LogP contribution in [0, 0.1) is 5.82 Å². The van der Waals surface area contributed by atoms with Crippen molar-refractivity contribution in [3.05, 3.63) is 75.8 Å². The number of carbonyl (C=O) groups excluding carboxylic acids is 1. The van der Waals surface area contributed by atoms with Gasteiger partial charge >= 0.3 is 0 Å². The Kier molecular flexibility index (Phi) is 5.45. The number of carbonyl (C=O) groups is 1. The number of nitrogens with zero attached hydrogens (tertiary/aromatic N) is 3. The molecule has 1 aromatic heterocycles. The maximum absolute atomic E-state index is 15.0. The fourth-order valence-corrected chi connectivity index (χ4v) is 3.99. The zero-order chi connectivity index (χ0) is 22.1. The number of fused-ring (bicyclic) bond motifs is 1. The Morgan fingerprint density at radius 1 is 1.16 bits per heavy atom. The number of hydrogen-bond donors (Lipinski definition) is 1. The van der Waals surface area contributed by atoms with Crippen molar-refractivity contribution in [2.24, 2.45) is 5.10 Å². The third kappa shape index (κ3) is 4.01. The minimum Gasteiger partial charge on any atom is -0.378 e. The Morgan fingerprint density at radius 2 is 1.91 bits per heavy atom.